The molecule has 0 saturated carbocycles. The van der Waals surface area contributed by atoms with Gasteiger partial charge in [0, 0.05) is 19.1 Å². The number of halogens is 3. The third-order valence-corrected chi connectivity index (χ3v) is 3.75. The molecule has 0 bridgehead atoms. The largest absolute Gasteiger partial charge is 0.451 e. The second-order valence-corrected chi connectivity index (χ2v) is 5.24. The molecule has 2 unspecified atom stereocenters. The first-order valence-corrected chi connectivity index (χ1v) is 6.58. The van der Waals surface area contributed by atoms with Crippen molar-refractivity contribution in [2.24, 2.45) is 11.7 Å². The van der Waals surface area contributed by atoms with Crippen LogP contribution in [0.3, 0.4) is 0 Å². The molecule has 3 rings (SSSR count). The summed E-state index contributed by atoms with van der Waals surface area (Å²) < 4.78 is 39.2. The highest BCUT2D eigenvalue weighted by molar-refractivity contribution is 5.81. The molecule has 0 radical (unpaired) electrons. The van der Waals surface area contributed by atoms with Gasteiger partial charge in [0.1, 0.15) is 0 Å². The van der Waals surface area contributed by atoms with Crippen molar-refractivity contribution in [3.63, 3.8) is 0 Å². The average molecular weight is 301 g/mol. The Morgan fingerprint density at radius 1 is 1.29 bits per heavy atom. The second-order valence-electron chi connectivity index (χ2n) is 5.24. The van der Waals surface area contributed by atoms with Crippen LogP contribution in [0.1, 0.15) is 18.1 Å². The van der Waals surface area contributed by atoms with Gasteiger partial charge in [-0.15, -0.1) is 10.2 Å². The maximum atomic E-state index is 12.7. The lowest BCUT2D eigenvalue weighted by Crippen LogP contribution is -2.42. The Balaban J connectivity index is 1.75. The smallest absolute Gasteiger partial charge is 0.333 e. The van der Waals surface area contributed by atoms with Gasteiger partial charge in [0.2, 0.25) is 11.7 Å². The van der Waals surface area contributed by atoms with Crippen molar-refractivity contribution in [2.75, 3.05) is 6.54 Å². The lowest BCUT2D eigenvalue weighted by atomic mass is 10.1. The number of nitrogens with zero attached hydrogens (tertiary/aromatic N) is 4. The van der Waals surface area contributed by atoms with E-state index in [9.17, 15) is 18.0 Å². The summed E-state index contributed by atoms with van der Waals surface area (Å²) in [6, 6.07) is -0.135. The SMILES string of the molecule is NC1C=CC(C(=O)N2CCn3c(nnc3C(F)(F)F)C2)C1. The van der Waals surface area contributed by atoms with Gasteiger partial charge in [-0.2, -0.15) is 13.2 Å². The summed E-state index contributed by atoms with van der Waals surface area (Å²) in [6.45, 7) is 0.305. The highest BCUT2D eigenvalue weighted by Crippen LogP contribution is 2.30. The van der Waals surface area contributed by atoms with Crippen molar-refractivity contribution in [2.45, 2.75) is 31.7 Å². The maximum Gasteiger partial charge on any atom is 0.451 e. The zero-order chi connectivity index (χ0) is 15.2. The van der Waals surface area contributed by atoms with Crippen LogP contribution in [-0.2, 0) is 24.1 Å². The zero-order valence-electron chi connectivity index (χ0n) is 11.0. The number of aromatic nitrogens is 3. The first-order chi connectivity index (χ1) is 9.86. The van der Waals surface area contributed by atoms with Gasteiger partial charge in [0.25, 0.3) is 0 Å². The molecule has 0 fully saturated rings. The molecule has 9 heteroatoms. The van der Waals surface area contributed by atoms with Crippen molar-refractivity contribution in [3.8, 4) is 0 Å². The van der Waals surface area contributed by atoms with E-state index in [0.717, 1.165) is 4.57 Å². The standard InChI is InChI=1S/C12H14F3N5O/c13-12(14,15)11-18-17-9-6-19(3-4-20(9)11)10(21)7-1-2-8(16)5-7/h1-2,7-8H,3-6,16H2. The molecular weight excluding hydrogens is 287 g/mol. The Kier molecular flexibility index (Phi) is 3.23. The van der Waals surface area contributed by atoms with Crippen LogP contribution in [0.25, 0.3) is 0 Å². The van der Waals surface area contributed by atoms with Crippen molar-refractivity contribution >= 4 is 5.91 Å². The van der Waals surface area contributed by atoms with Crippen LogP contribution in [0.5, 0.6) is 0 Å². The summed E-state index contributed by atoms with van der Waals surface area (Å²) in [5, 5.41) is 6.74. The Labute approximate surface area is 118 Å². The molecule has 2 aliphatic rings. The normalized spacial score (nSPS) is 25.2. The van der Waals surface area contributed by atoms with Gasteiger partial charge >= 0.3 is 6.18 Å². The summed E-state index contributed by atoms with van der Waals surface area (Å²) in [5.74, 6) is -1.26. The minimum absolute atomic E-state index is 0.0431. The molecule has 0 saturated heterocycles. The molecule has 0 aromatic carbocycles. The van der Waals surface area contributed by atoms with Gasteiger partial charge in [-0.3, -0.25) is 4.79 Å². The molecule has 21 heavy (non-hydrogen) atoms. The summed E-state index contributed by atoms with van der Waals surface area (Å²) in [7, 11) is 0. The average Bonchev–Trinajstić information content (AvgIpc) is 3.02. The summed E-state index contributed by atoms with van der Waals surface area (Å²) in [4.78, 5) is 13.8. The summed E-state index contributed by atoms with van der Waals surface area (Å²) in [5.41, 5.74) is 5.71. The summed E-state index contributed by atoms with van der Waals surface area (Å²) >= 11 is 0. The number of nitrogens with two attached hydrogens (primary N) is 1. The first kappa shape index (κ1) is 14.1. The fourth-order valence-corrected chi connectivity index (χ4v) is 2.70. The zero-order valence-corrected chi connectivity index (χ0v) is 11.0. The van der Waals surface area contributed by atoms with Crippen LogP contribution in [0, 0.1) is 5.92 Å². The third kappa shape index (κ3) is 2.53. The Morgan fingerprint density at radius 3 is 2.67 bits per heavy atom. The molecule has 6 nitrogen and oxygen atoms in total. The van der Waals surface area contributed by atoms with Gasteiger partial charge in [0.05, 0.1) is 12.5 Å². The Hall–Kier alpha value is -1.90. The van der Waals surface area contributed by atoms with Crippen molar-refractivity contribution in [1.29, 1.82) is 0 Å². The second kappa shape index (κ2) is 4.83. The van der Waals surface area contributed by atoms with Crippen molar-refractivity contribution in [3.05, 3.63) is 23.8 Å². The van der Waals surface area contributed by atoms with Gasteiger partial charge in [0.15, 0.2) is 5.82 Å². The van der Waals surface area contributed by atoms with E-state index in [-0.39, 0.29) is 43.3 Å². The van der Waals surface area contributed by atoms with E-state index in [1.807, 2.05) is 0 Å². The molecular formula is C12H14F3N5O. The molecule has 1 aromatic rings. The molecule has 2 heterocycles. The van der Waals surface area contributed by atoms with Gasteiger partial charge in [-0.25, -0.2) is 0 Å². The van der Waals surface area contributed by atoms with E-state index in [1.54, 1.807) is 12.2 Å². The van der Waals surface area contributed by atoms with Crippen LogP contribution in [0.4, 0.5) is 13.2 Å². The molecule has 2 N–H and O–H groups in total. The number of amides is 1. The van der Waals surface area contributed by atoms with Crippen LogP contribution >= 0.6 is 0 Å². The van der Waals surface area contributed by atoms with Gasteiger partial charge < -0.3 is 15.2 Å². The predicted molar refractivity (Wildman–Crippen MR) is 65.7 cm³/mol. The number of hydrogen-bond acceptors (Lipinski definition) is 4. The number of fused-ring (bicyclic) bond motifs is 1. The minimum Gasteiger partial charge on any atom is -0.333 e. The number of rotatable bonds is 1. The molecule has 2 atom stereocenters. The Bertz CT molecular complexity index is 594. The number of alkyl halides is 3. The van der Waals surface area contributed by atoms with E-state index < -0.39 is 12.0 Å². The molecule has 1 amide bonds. The quantitative estimate of drug-likeness (QED) is 0.768. The van der Waals surface area contributed by atoms with E-state index in [2.05, 4.69) is 10.2 Å². The first-order valence-electron chi connectivity index (χ1n) is 6.58. The predicted octanol–water partition coefficient (Wildman–Crippen LogP) is 0.542. The Morgan fingerprint density at radius 2 is 2.05 bits per heavy atom. The van der Waals surface area contributed by atoms with Crippen LogP contribution in [-0.4, -0.2) is 38.2 Å². The fourth-order valence-electron chi connectivity index (χ4n) is 2.70. The van der Waals surface area contributed by atoms with Crippen LogP contribution in [0.15, 0.2) is 12.2 Å². The van der Waals surface area contributed by atoms with Gasteiger partial charge in [-0.05, 0) is 6.42 Å². The van der Waals surface area contributed by atoms with Crippen LogP contribution < -0.4 is 5.73 Å². The number of carbonyl (C=O) groups excluding carboxylic acids is 1. The van der Waals surface area contributed by atoms with E-state index in [0.29, 0.717) is 6.42 Å². The minimum atomic E-state index is -4.53. The third-order valence-electron chi connectivity index (χ3n) is 3.75. The molecule has 1 aliphatic heterocycles. The highest BCUT2D eigenvalue weighted by atomic mass is 19.4. The van der Waals surface area contributed by atoms with Gasteiger partial charge in [-0.1, -0.05) is 12.2 Å². The lowest BCUT2D eigenvalue weighted by Gasteiger charge is -2.29. The fraction of sp³-hybridized carbons (Fsp3) is 0.583. The maximum absolute atomic E-state index is 12.7. The highest BCUT2D eigenvalue weighted by Gasteiger charge is 2.40. The van der Waals surface area contributed by atoms with Crippen LogP contribution in [0.2, 0.25) is 0 Å². The van der Waals surface area contributed by atoms with Crippen molar-refractivity contribution in [1.82, 2.24) is 19.7 Å². The number of carbonyl (C=O) groups is 1. The van der Waals surface area contributed by atoms with Crippen molar-refractivity contribution < 1.29 is 18.0 Å². The number of hydrogen-bond donors (Lipinski definition) is 1. The topological polar surface area (TPSA) is 77.0 Å². The molecule has 0 spiro atoms. The molecule has 1 aromatic heterocycles. The lowest BCUT2D eigenvalue weighted by molar-refractivity contribution is -0.148. The van der Waals surface area contributed by atoms with E-state index in [1.165, 1.54) is 4.90 Å². The molecule has 114 valence electrons. The summed E-state index contributed by atoms with van der Waals surface area (Å²) in [6.07, 6.45) is -0.460. The monoisotopic (exact) mass is 301 g/mol. The van der Waals surface area contributed by atoms with E-state index in [4.69, 9.17) is 5.73 Å². The molecule has 1 aliphatic carbocycles. The van der Waals surface area contributed by atoms with E-state index >= 15 is 0 Å².